The molecule has 0 aromatic carbocycles. The molecule has 3 heterocycles. The van der Waals surface area contributed by atoms with Crippen molar-refractivity contribution in [2.24, 2.45) is 5.92 Å². The van der Waals surface area contributed by atoms with Gasteiger partial charge in [-0.05, 0) is 41.0 Å². The molecule has 8 nitrogen and oxygen atoms in total. The first-order valence-electron chi connectivity index (χ1n) is 11.2. The summed E-state index contributed by atoms with van der Waals surface area (Å²) in [4.78, 5) is 25.4. The maximum absolute atomic E-state index is 13.2. The van der Waals surface area contributed by atoms with Crippen LogP contribution < -0.4 is 0 Å². The van der Waals surface area contributed by atoms with Gasteiger partial charge in [0.15, 0.2) is 17.7 Å². The predicted octanol–water partition coefficient (Wildman–Crippen LogP) is 2.79. The Labute approximate surface area is 191 Å². The molecule has 32 heavy (non-hydrogen) atoms. The Morgan fingerprint density at radius 2 is 1.78 bits per heavy atom. The van der Waals surface area contributed by atoms with Gasteiger partial charge in [-0.3, -0.25) is 9.59 Å². The van der Waals surface area contributed by atoms with E-state index >= 15 is 0 Å². The van der Waals surface area contributed by atoms with Crippen molar-refractivity contribution in [3.63, 3.8) is 0 Å². The van der Waals surface area contributed by atoms with Crippen molar-refractivity contribution < 1.29 is 38.0 Å². The van der Waals surface area contributed by atoms with Gasteiger partial charge < -0.3 is 28.4 Å². The van der Waals surface area contributed by atoms with Crippen LogP contribution in [0.3, 0.4) is 0 Å². The van der Waals surface area contributed by atoms with Gasteiger partial charge in [0.1, 0.15) is 38.6 Å². The number of Topliss-reactive ketones (excluding diaryl/α,β-unsaturated/α-hetero) is 1. The highest BCUT2D eigenvalue weighted by Crippen LogP contribution is 2.45. The van der Waals surface area contributed by atoms with Crippen LogP contribution in [-0.4, -0.2) is 68.7 Å². The van der Waals surface area contributed by atoms with Crippen molar-refractivity contribution >= 4 is 19.8 Å². The van der Waals surface area contributed by atoms with E-state index in [1.54, 1.807) is 27.7 Å². The molecule has 0 amide bonds. The SMILES string of the molecule is CC(=O)C(CCC#C[Si](C)(C)C)C(=O)O[C@@H]1[C@H]2OC(C)(C)O[C@H]2CO[C@@]12COC(C)(C)O2. The standard InChI is InChI=1S/C23H36O8Si/c1-15(24)16(11-9-10-12-32(6,7)8)20(25)28-19-18-17(29-22(4,5)30-18)13-26-23(19)14-27-21(2,3)31-23/h16-19H,9,11,13-14H2,1-8H3/t16?,17-,18-,19+,23+/m0/s1. The van der Waals surface area contributed by atoms with Crippen LogP contribution in [0.2, 0.25) is 19.6 Å². The molecular formula is C23H36O8Si. The fraction of sp³-hybridized carbons (Fsp3) is 0.826. The minimum atomic E-state index is -1.52. The van der Waals surface area contributed by atoms with Crippen LogP contribution in [0.15, 0.2) is 0 Å². The second-order valence-electron chi connectivity index (χ2n) is 10.7. The molecular weight excluding hydrogens is 432 g/mol. The molecule has 0 bridgehead atoms. The lowest BCUT2D eigenvalue weighted by molar-refractivity contribution is -0.329. The summed E-state index contributed by atoms with van der Waals surface area (Å²) in [5.41, 5.74) is 3.26. The van der Waals surface area contributed by atoms with Crippen LogP contribution in [0, 0.1) is 17.4 Å². The van der Waals surface area contributed by atoms with Crippen molar-refractivity contribution in [3.8, 4) is 11.5 Å². The number of carbonyl (C=O) groups is 2. The normalized spacial score (nSPS) is 33.8. The number of hydrogen-bond acceptors (Lipinski definition) is 8. The van der Waals surface area contributed by atoms with Crippen LogP contribution in [0.5, 0.6) is 0 Å². The Kier molecular flexibility index (Phi) is 6.98. The smallest absolute Gasteiger partial charge is 0.317 e. The van der Waals surface area contributed by atoms with Gasteiger partial charge in [0.05, 0.1) is 6.61 Å². The first kappa shape index (κ1) is 25.3. The van der Waals surface area contributed by atoms with E-state index in [0.717, 1.165) is 0 Å². The van der Waals surface area contributed by atoms with Crippen LogP contribution in [0.25, 0.3) is 0 Å². The highest BCUT2D eigenvalue weighted by molar-refractivity contribution is 6.83. The van der Waals surface area contributed by atoms with Crippen LogP contribution >= 0.6 is 0 Å². The van der Waals surface area contributed by atoms with Gasteiger partial charge in [0, 0.05) is 6.42 Å². The summed E-state index contributed by atoms with van der Waals surface area (Å²) in [6, 6.07) is 0. The number of fused-ring (bicyclic) bond motifs is 1. The minimum absolute atomic E-state index is 0.0668. The summed E-state index contributed by atoms with van der Waals surface area (Å²) in [7, 11) is -1.52. The Hall–Kier alpha value is -1.28. The van der Waals surface area contributed by atoms with Crippen LogP contribution in [-0.2, 0) is 38.0 Å². The molecule has 0 aromatic heterocycles. The second-order valence-corrected chi connectivity index (χ2v) is 15.4. The quantitative estimate of drug-likeness (QED) is 0.263. The number of rotatable bonds is 5. The maximum Gasteiger partial charge on any atom is 0.317 e. The van der Waals surface area contributed by atoms with E-state index in [9.17, 15) is 9.59 Å². The molecule has 9 heteroatoms. The highest BCUT2D eigenvalue weighted by atomic mass is 28.3. The molecule has 3 aliphatic heterocycles. The topological polar surface area (TPSA) is 89.5 Å². The Bertz CT molecular complexity index is 803. The van der Waals surface area contributed by atoms with Crippen molar-refractivity contribution in [1.29, 1.82) is 0 Å². The van der Waals surface area contributed by atoms with Crippen molar-refractivity contribution in [2.45, 2.75) is 103 Å². The van der Waals surface area contributed by atoms with E-state index in [4.69, 9.17) is 28.4 Å². The van der Waals surface area contributed by atoms with E-state index in [-0.39, 0.29) is 19.0 Å². The van der Waals surface area contributed by atoms with Gasteiger partial charge in [0.25, 0.3) is 0 Å². The lowest BCUT2D eigenvalue weighted by Crippen LogP contribution is -2.63. The zero-order valence-electron chi connectivity index (χ0n) is 20.4. The number of ketones is 1. The summed E-state index contributed by atoms with van der Waals surface area (Å²) in [5.74, 6) is -1.82. The van der Waals surface area contributed by atoms with E-state index in [1.807, 2.05) is 0 Å². The number of esters is 1. The molecule has 0 radical (unpaired) electrons. The third-order valence-corrected chi connectivity index (χ3v) is 6.45. The summed E-state index contributed by atoms with van der Waals surface area (Å²) < 4.78 is 35.8. The number of hydrogen-bond donors (Lipinski definition) is 0. The average Bonchev–Trinajstić information content (AvgIpc) is 3.11. The molecule has 1 spiro atoms. The van der Waals surface area contributed by atoms with E-state index in [0.29, 0.717) is 12.8 Å². The summed E-state index contributed by atoms with van der Waals surface area (Å²) in [6.07, 6.45) is -1.25. The van der Waals surface area contributed by atoms with Crippen molar-refractivity contribution in [3.05, 3.63) is 0 Å². The fourth-order valence-electron chi connectivity index (χ4n) is 4.16. The molecule has 0 aliphatic carbocycles. The van der Waals surface area contributed by atoms with Crippen molar-refractivity contribution in [2.75, 3.05) is 13.2 Å². The lowest BCUT2D eigenvalue weighted by atomic mass is 9.95. The van der Waals surface area contributed by atoms with Gasteiger partial charge in [-0.1, -0.05) is 19.6 Å². The Morgan fingerprint density at radius 3 is 2.34 bits per heavy atom. The van der Waals surface area contributed by atoms with Crippen molar-refractivity contribution in [1.82, 2.24) is 0 Å². The van der Waals surface area contributed by atoms with Crippen LogP contribution in [0.1, 0.15) is 47.5 Å². The molecule has 0 saturated carbocycles. The molecule has 180 valence electrons. The van der Waals surface area contributed by atoms with Gasteiger partial charge in [-0.15, -0.1) is 11.5 Å². The molecule has 3 saturated heterocycles. The maximum atomic E-state index is 13.2. The Morgan fingerprint density at radius 1 is 1.09 bits per heavy atom. The third kappa shape index (κ3) is 5.79. The molecule has 0 N–H and O–H groups in total. The first-order chi connectivity index (χ1) is 14.6. The first-order valence-corrected chi connectivity index (χ1v) is 14.7. The molecule has 3 fully saturated rings. The second kappa shape index (κ2) is 8.82. The average molecular weight is 469 g/mol. The van der Waals surface area contributed by atoms with Gasteiger partial charge >= 0.3 is 5.97 Å². The lowest BCUT2D eigenvalue weighted by Gasteiger charge is -2.43. The molecule has 3 rings (SSSR count). The zero-order valence-corrected chi connectivity index (χ0v) is 21.4. The van der Waals surface area contributed by atoms with Gasteiger partial charge in [-0.2, -0.15) is 0 Å². The summed E-state index contributed by atoms with van der Waals surface area (Å²) >= 11 is 0. The summed E-state index contributed by atoms with van der Waals surface area (Å²) in [6.45, 7) is 15.2. The summed E-state index contributed by atoms with van der Waals surface area (Å²) in [5, 5.41) is 0. The highest BCUT2D eigenvalue weighted by Gasteiger charge is 2.64. The fourth-order valence-corrected chi connectivity index (χ4v) is 4.82. The largest absolute Gasteiger partial charge is 0.453 e. The third-order valence-electron chi connectivity index (χ3n) is 5.52. The number of ether oxygens (including phenoxy) is 6. The zero-order chi connectivity index (χ0) is 23.9. The number of carbonyl (C=O) groups excluding carboxylic acids is 2. The van der Waals surface area contributed by atoms with Gasteiger partial charge in [0.2, 0.25) is 5.79 Å². The van der Waals surface area contributed by atoms with Gasteiger partial charge in [-0.25, -0.2) is 0 Å². The minimum Gasteiger partial charge on any atom is -0.453 e. The van der Waals surface area contributed by atoms with Crippen LogP contribution in [0.4, 0.5) is 0 Å². The molecule has 0 aromatic rings. The molecule has 5 atom stereocenters. The van der Waals surface area contributed by atoms with E-state index in [1.165, 1.54) is 6.92 Å². The Balaban J connectivity index is 1.80. The predicted molar refractivity (Wildman–Crippen MR) is 118 cm³/mol. The molecule has 3 aliphatic rings. The monoisotopic (exact) mass is 468 g/mol. The van der Waals surface area contributed by atoms with E-state index < -0.39 is 55.6 Å². The van der Waals surface area contributed by atoms with E-state index in [2.05, 4.69) is 31.1 Å². The molecule has 1 unspecified atom stereocenters.